The number of nitrogens with zero attached hydrogens (tertiary/aromatic N) is 4. The van der Waals surface area contributed by atoms with Crippen LogP contribution in [0.1, 0.15) is 29.6 Å². The summed E-state index contributed by atoms with van der Waals surface area (Å²) in [6, 6.07) is 9.94. The Balaban J connectivity index is 1.91. The highest BCUT2D eigenvalue weighted by Gasteiger charge is 2.23. The molecule has 0 fully saturated rings. The fraction of sp³-hybridized carbons (Fsp3) is 0.333. The van der Waals surface area contributed by atoms with Gasteiger partial charge in [-0.05, 0) is 33.3 Å². The summed E-state index contributed by atoms with van der Waals surface area (Å²) in [5.74, 6) is 0. The molecule has 3 aromatic rings. The average molecular weight is 373 g/mol. The van der Waals surface area contributed by atoms with Crippen LogP contribution < -0.4 is 4.72 Å². The Hall–Kier alpha value is -2.61. The van der Waals surface area contributed by atoms with Crippen LogP contribution in [0.25, 0.3) is 0 Å². The summed E-state index contributed by atoms with van der Waals surface area (Å²) in [5.41, 5.74) is 3.52. The summed E-state index contributed by atoms with van der Waals surface area (Å²) >= 11 is 0. The second kappa shape index (κ2) is 6.95. The molecule has 0 spiro atoms. The average Bonchev–Trinajstić information content (AvgIpc) is 3.11. The first-order chi connectivity index (χ1) is 12.3. The Morgan fingerprint density at radius 3 is 2.35 bits per heavy atom. The molecule has 2 heterocycles. The molecule has 0 atom stereocenters. The highest BCUT2D eigenvalue weighted by molar-refractivity contribution is 7.92. The summed E-state index contributed by atoms with van der Waals surface area (Å²) in [5, 5.41) is 8.72. The van der Waals surface area contributed by atoms with Crippen molar-refractivity contribution < 1.29 is 8.42 Å². The molecule has 0 saturated heterocycles. The molecular formula is C18H23N5O2S. The molecule has 0 aliphatic rings. The summed E-state index contributed by atoms with van der Waals surface area (Å²) in [7, 11) is -3.72. The van der Waals surface area contributed by atoms with E-state index in [2.05, 4.69) is 14.9 Å². The third-order valence-corrected chi connectivity index (χ3v) is 5.76. The van der Waals surface area contributed by atoms with Gasteiger partial charge in [0.05, 0.1) is 29.3 Å². The highest BCUT2D eigenvalue weighted by atomic mass is 32.2. The molecule has 0 bridgehead atoms. The fourth-order valence-electron chi connectivity index (χ4n) is 2.87. The van der Waals surface area contributed by atoms with Crippen LogP contribution in [0.3, 0.4) is 0 Å². The van der Waals surface area contributed by atoms with Crippen molar-refractivity contribution >= 4 is 15.7 Å². The van der Waals surface area contributed by atoms with Crippen LogP contribution in [0.4, 0.5) is 5.69 Å². The number of aryl methyl sites for hydroxylation is 3. The van der Waals surface area contributed by atoms with Gasteiger partial charge in [0.2, 0.25) is 0 Å². The lowest BCUT2D eigenvalue weighted by Crippen LogP contribution is -2.15. The molecule has 8 heteroatoms. The molecule has 0 aliphatic carbocycles. The Labute approximate surface area is 153 Å². The van der Waals surface area contributed by atoms with E-state index in [1.54, 1.807) is 24.7 Å². The van der Waals surface area contributed by atoms with E-state index < -0.39 is 10.0 Å². The zero-order chi connectivity index (χ0) is 18.9. The summed E-state index contributed by atoms with van der Waals surface area (Å²) < 4.78 is 31.8. The first kappa shape index (κ1) is 18.2. The molecule has 0 saturated carbocycles. The third-order valence-electron chi connectivity index (χ3n) is 4.31. The van der Waals surface area contributed by atoms with Crippen LogP contribution >= 0.6 is 0 Å². The number of hydrogen-bond acceptors (Lipinski definition) is 4. The van der Waals surface area contributed by atoms with Crippen molar-refractivity contribution in [3.8, 4) is 0 Å². The smallest absolute Gasteiger partial charge is 0.265 e. The number of rotatable bonds is 6. The number of anilines is 1. The van der Waals surface area contributed by atoms with Crippen molar-refractivity contribution in [3.05, 3.63) is 59.2 Å². The van der Waals surface area contributed by atoms with E-state index in [1.165, 1.54) is 0 Å². The van der Waals surface area contributed by atoms with Crippen molar-refractivity contribution in [1.82, 2.24) is 19.6 Å². The zero-order valence-electron chi connectivity index (χ0n) is 15.4. The molecule has 1 aromatic carbocycles. The van der Waals surface area contributed by atoms with Crippen molar-refractivity contribution in [2.45, 2.75) is 45.7 Å². The van der Waals surface area contributed by atoms with Gasteiger partial charge < -0.3 is 0 Å². The highest BCUT2D eigenvalue weighted by Crippen LogP contribution is 2.25. The van der Waals surface area contributed by atoms with Gasteiger partial charge in [0.15, 0.2) is 0 Å². The van der Waals surface area contributed by atoms with Gasteiger partial charge in [0.1, 0.15) is 4.90 Å². The monoisotopic (exact) mass is 373 g/mol. The van der Waals surface area contributed by atoms with Crippen molar-refractivity contribution in [2.75, 3.05) is 4.72 Å². The second-order valence-electron chi connectivity index (χ2n) is 6.23. The first-order valence-electron chi connectivity index (χ1n) is 8.46. The lowest BCUT2D eigenvalue weighted by Gasteiger charge is -2.08. The molecule has 7 nitrogen and oxygen atoms in total. The third kappa shape index (κ3) is 3.50. The van der Waals surface area contributed by atoms with Crippen LogP contribution in [0.5, 0.6) is 0 Å². The van der Waals surface area contributed by atoms with Crippen molar-refractivity contribution in [3.63, 3.8) is 0 Å². The minimum Gasteiger partial charge on any atom is -0.276 e. The van der Waals surface area contributed by atoms with Crippen LogP contribution in [-0.2, 0) is 23.1 Å². The second-order valence-corrected chi connectivity index (χ2v) is 7.88. The normalized spacial score (nSPS) is 11.7. The number of nitrogens with one attached hydrogen (secondary N) is 1. The van der Waals surface area contributed by atoms with Crippen LogP contribution in [0.2, 0.25) is 0 Å². The molecule has 0 amide bonds. The molecule has 3 rings (SSSR count). The van der Waals surface area contributed by atoms with E-state index in [4.69, 9.17) is 0 Å². The molecular weight excluding hydrogens is 350 g/mol. The summed E-state index contributed by atoms with van der Waals surface area (Å²) in [6.07, 6.45) is 1.55. The fourth-order valence-corrected chi connectivity index (χ4v) is 4.23. The lowest BCUT2D eigenvalue weighted by atomic mass is 10.2. The van der Waals surface area contributed by atoms with E-state index in [0.29, 0.717) is 30.2 Å². The van der Waals surface area contributed by atoms with Crippen molar-refractivity contribution in [2.24, 2.45) is 0 Å². The topological polar surface area (TPSA) is 81.8 Å². The lowest BCUT2D eigenvalue weighted by molar-refractivity contribution is 0.600. The molecule has 0 unspecified atom stereocenters. The SMILES string of the molecule is CCn1cc(S(=O)(=O)Nc2c(C)nn(Cc3ccccc3)c2C)c(C)n1. The van der Waals surface area contributed by atoms with E-state index >= 15 is 0 Å². The summed E-state index contributed by atoms with van der Waals surface area (Å²) in [4.78, 5) is 0.189. The predicted octanol–water partition coefficient (Wildman–Crippen LogP) is 2.87. The van der Waals surface area contributed by atoms with Gasteiger partial charge in [-0.3, -0.25) is 14.1 Å². The van der Waals surface area contributed by atoms with E-state index in [0.717, 1.165) is 11.3 Å². The van der Waals surface area contributed by atoms with Crippen molar-refractivity contribution in [1.29, 1.82) is 0 Å². The number of aromatic nitrogens is 4. The largest absolute Gasteiger partial charge is 0.276 e. The minimum atomic E-state index is -3.72. The van der Waals surface area contributed by atoms with Gasteiger partial charge in [-0.15, -0.1) is 0 Å². The van der Waals surface area contributed by atoms with Gasteiger partial charge in [0, 0.05) is 12.7 Å². The van der Waals surface area contributed by atoms with E-state index in [9.17, 15) is 8.42 Å². The first-order valence-corrected chi connectivity index (χ1v) is 9.95. The van der Waals surface area contributed by atoms with Crippen LogP contribution in [-0.4, -0.2) is 28.0 Å². The number of hydrogen-bond donors (Lipinski definition) is 1. The van der Waals surface area contributed by atoms with Crippen LogP contribution in [0, 0.1) is 20.8 Å². The summed E-state index contributed by atoms with van der Waals surface area (Å²) in [6.45, 7) is 8.47. The van der Waals surface area contributed by atoms with E-state index in [1.807, 2.05) is 48.9 Å². The Kier molecular flexibility index (Phi) is 4.86. The van der Waals surface area contributed by atoms with Gasteiger partial charge in [-0.25, -0.2) is 8.42 Å². The van der Waals surface area contributed by atoms with Gasteiger partial charge in [-0.1, -0.05) is 30.3 Å². The molecule has 26 heavy (non-hydrogen) atoms. The molecule has 1 N–H and O–H groups in total. The Morgan fingerprint density at radius 1 is 1.04 bits per heavy atom. The van der Waals surface area contributed by atoms with Crippen LogP contribution in [0.15, 0.2) is 41.4 Å². The van der Waals surface area contributed by atoms with Gasteiger partial charge >= 0.3 is 0 Å². The Bertz CT molecular complexity index is 1020. The number of benzene rings is 1. The maximum atomic E-state index is 12.8. The maximum Gasteiger partial charge on any atom is 0.265 e. The number of sulfonamides is 1. The van der Waals surface area contributed by atoms with Gasteiger partial charge in [0.25, 0.3) is 10.0 Å². The molecule has 138 valence electrons. The minimum absolute atomic E-state index is 0.189. The zero-order valence-corrected chi connectivity index (χ0v) is 16.2. The predicted molar refractivity (Wildman–Crippen MR) is 101 cm³/mol. The molecule has 2 aromatic heterocycles. The molecule has 0 radical (unpaired) electrons. The molecule has 0 aliphatic heterocycles. The quantitative estimate of drug-likeness (QED) is 0.720. The standard InChI is InChI=1S/C18H23N5O2S/c1-5-22-12-17(13(2)19-22)26(24,25)21-18-14(3)20-23(15(18)4)11-16-9-7-6-8-10-16/h6-10,12,21H,5,11H2,1-4H3. The Morgan fingerprint density at radius 2 is 1.73 bits per heavy atom. The van der Waals surface area contributed by atoms with E-state index in [-0.39, 0.29) is 4.90 Å². The van der Waals surface area contributed by atoms with Gasteiger partial charge in [-0.2, -0.15) is 10.2 Å². The maximum absolute atomic E-state index is 12.8.